The van der Waals surface area contributed by atoms with Gasteiger partial charge in [-0.05, 0) is 56.3 Å². The van der Waals surface area contributed by atoms with Gasteiger partial charge >= 0.3 is 0 Å². The van der Waals surface area contributed by atoms with Gasteiger partial charge in [0.2, 0.25) is 0 Å². The van der Waals surface area contributed by atoms with E-state index >= 15 is 0 Å². The first-order valence-corrected chi connectivity index (χ1v) is 6.32. The van der Waals surface area contributed by atoms with Gasteiger partial charge in [0.25, 0.3) is 0 Å². The molecule has 1 heterocycles. The van der Waals surface area contributed by atoms with Crippen LogP contribution in [0.15, 0.2) is 18.7 Å². The average Bonchev–Trinajstić information content (AvgIpc) is 2.67. The lowest BCUT2D eigenvalue weighted by Crippen LogP contribution is -2.51. The highest BCUT2D eigenvalue weighted by Gasteiger charge is 2.51. The molecule has 3 nitrogen and oxygen atoms in total. The van der Waals surface area contributed by atoms with Crippen LogP contribution in [-0.2, 0) is 5.54 Å². The number of aromatic nitrogens is 2. The van der Waals surface area contributed by atoms with Crippen LogP contribution in [0.25, 0.3) is 0 Å². The molecule has 0 spiro atoms. The summed E-state index contributed by atoms with van der Waals surface area (Å²) >= 11 is 0. The van der Waals surface area contributed by atoms with Crippen LogP contribution in [0, 0.1) is 17.8 Å². The third kappa shape index (κ3) is 1.27. The second kappa shape index (κ2) is 3.33. The summed E-state index contributed by atoms with van der Waals surface area (Å²) in [7, 11) is 0. The molecule has 0 unspecified atom stereocenters. The maximum absolute atomic E-state index is 4.24. The first-order chi connectivity index (χ1) is 7.34. The van der Waals surface area contributed by atoms with E-state index in [1.807, 2.05) is 12.5 Å². The molecule has 4 bridgehead atoms. The van der Waals surface area contributed by atoms with Gasteiger partial charge in [-0.15, -0.1) is 0 Å². The number of rotatable bonds is 1. The fraction of sp³-hybridized carbons (Fsp3) is 0.769. The van der Waals surface area contributed by atoms with Gasteiger partial charge < -0.3 is 10.0 Å². The van der Waals surface area contributed by atoms with Crippen molar-refractivity contribution in [3.8, 4) is 0 Å². The molecule has 4 aliphatic rings. The second-order valence-electron chi connectivity index (χ2n) is 6.11. The van der Waals surface area contributed by atoms with Gasteiger partial charge in [0, 0.05) is 17.9 Å². The lowest BCUT2D eigenvalue weighted by molar-refractivity contribution is -0.0431. The van der Waals surface area contributed by atoms with E-state index in [-0.39, 0.29) is 5.48 Å². The summed E-state index contributed by atoms with van der Waals surface area (Å²) in [4.78, 5) is 4.24. The SMILES string of the molecule is O.c1cn(C23CC4CC(CC(C4)C2)C3)cn1. The van der Waals surface area contributed by atoms with Crippen LogP contribution < -0.4 is 0 Å². The van der Waals surface area contributed by atoms with Gasteiger partial charge in [-0.2, -0.15) is 0 Å². The van der Waals surface area contributed by atoms with Gasteiger partial charge in [-0.25, -0.2) is 4.98 Å². The fourth-order valence-corrected chi connectivity index (χ4v) is 4.92. The van der Waals surface area contributed by atoms with Crippen molar-refractivity contribution in [3.05, 3.63) is 18.7 Å². The van der Waals surface area contributed by atoms with Crippen LogP contribution in [0.2, 0.25) is 0 Å². The minimum atomic E-state index is 0. The highest BCUT2D eigenvalue weighted by atomic mass is 16.0. The van der Waals surface area contributed by atoms with Crippen molar-refractivity contribution in [3.63, 3.8) is 0 Å². The van der Waals surface area contributed by atoms with Crippen molar-refractivity contribution in [1.29, 1.82) is 0 Å². The predicted molar refractivity (Wildman–Crippen MR) is 62.0 cm³/mol. The molecule has 0 saturated heterocycles. The van der Waals surface area contributed by atoms with Gasteiger partial charge in [-0.3, -0.25) is 0 Å². The molecule has 4 saturated carbocycles. The second-order valence-corrected chi connectivity index (χ2v) is 6.11. The molecule has 0 aromatic carbocycles. The van der Waals surface area contributed by atoms with Crippen LogP contribution in [0.5, 0.6) is 0 Å². The first-order valence-electron chi connectivity index (χ1n) is 6.32. The molecule has 2 N–H and O–H groups in total. The molecular weight excluding hydrogens is 200 g/mol. The van der Waals surface area contributed by atoms with E-state index in [1.165, 1.54) is 38.5 Å². The van der Waals surface area contributed by atoms with E-state index in [9.17, 15) is 0 Å². The third-order valence-corrected chi connectivity index (χ3v) is 5.06. The standard InChI is InChI=1S/C13H18N2.H2O/c1-2-15(9-14-1)13-6-10-3-11(7-13)5-12(4-10)8-13;/h1-2,9-12H,3-8H2;1H2. The van der Waals surface area contributed by atoms with Crippen molar-refractivity contribution in [2.45, 2.75) is 44.1 Å². The molecule has 0 amide bonds. The summed E-state index contributed by atoms with van der Waals surface area (Å²) in [6.45, 7) is 0. The molecular formula is C13H20N2O. The highest BCUT2D eigenvalue weighted by Crippen LogP contribution is 2.58. The summed E-state index contributed by atoms with van der Waals surface area (Å²) in [5, 5.41) is 0. The maximum atomic E-state index is 4.24. The normalized spacial score (nSPS) is 44.4. The van der Waals surface area contributed by atoms with Crippen LogP contribution in [0.3, 0.4) is 0 Å². The molecule has 1 aromatic rings. The van der Waals surface area contributed by atoms with Crippen molar-refractivity contribution in [2.75, 3.05) is 0 Å². The summed E-state index contributed by atoms with van der Waals surface area (Å²) in [5.41, 5.74) is 0.477. The Hall–Kier alpha value is -0.830. The van der Waals surface area contributed by atoms with E-state index in [4.69, 9.17) is 0 Å². The summed E-state index contributed by atoms with van der Waals surface area (Å²) < 4.78 is 2.43. The molecule has 0 radical (unpaired) electrons. The van der Waals surface area contributed by atoms with Crippen molar-refractivity contribution < 1.29 is 5.48 Å². The Balaban J connectivity index is 0.000000810. The smallest absolute Gasteiger partial charge is 0.0951 e. The van der Waals surface area contributed by atoms with Gasteiger partial charge in [0.1, 0.15) is 0 Å². The number of hydrogen-bond donors (Lipinski definition) is 0. The summed E-state index contributed by atoms with van der Waals surface area (Å²) in [5.74, 6) is 3.08. The summed E-state index contributed by atoms with van der Waals surface area (Å²) in [6.07, 6.45) is 15.0. The summed E-state index contributed by atoms with van der Waals surface area (Å²) in [6, 6.07) is 0. The maximum Gasteiger partial charge on any atom is 0.0951 e. The quantitative estimate of drug-likeness (QED) is 0.714. The van der Waals surface area contributed by atoms with Crippen LogP contribution in [0.4, 0.5) is 0 Å². The zero-order chi connectivity index (χ0) is 9.88. The highest BCUT2D eigenvalue weighted by molar-refractivity contribution is 5.06. The van der Waals surface area contributed by atoms with Gasteiger partial charge in [-0.1, -0.05) is 0 Å². The van der Waals surface area contributed by atoms with Crippen LogP contribution in [-0.4, -0.2) is 15.0 Å². The van der Waals surface area contributed by atoms with Crippen molar-refractivity contribution >= 4 is 0 Å². The molecule has 88 valence electrons. The Morgan fingerprint density at radius 1 is 1.00 bits per heavy atom. The predicted octanol–water partition coefficient (Wildman–Crippen LogP) is 1.98. The minimum Gasteiger partial charge on any atom is -0.412 e. The minimum absolute atomic E-state index is 0. The van der Waals surface area contributed by atoms with Gasteiger partial charge in [0.05, 0.1) is 6.33 Å². The van der Waals surface area contributed by atoms with E-state index in [1.54, 1.807) is 0 Å². The van der Waals surface area contributed by atoms with E-state index in [0.717, 1.165) is 17.8 Å². The molecule has 4 fully saturated rings. The Bertz CT molecular complexity index is 336. The lowest BCUT2D eigenvalue weighted by atomic mass is 9.53. The number of nitrogens with zero attached hydrogens (tertiary/aromatic N) is 2. The molecule has 4 aliphatic carbocycles. The fourth-order valence-electron chi connectivity index (χ4n) is 4.92. The molecule has 16 heavy (non-hydrogen) atoms. The first kappa shape index (κ1) is 10.3. The van der Waals surface area contributed by atoms with Crippen molar-refractivity contribution in [2.24, 2.45) is 17.8 Å². The number of imidazole rings is 1. The van der Waals surface area contributed by atoms with Crippen molar-refractivity contribution in [1.82, 2.24) is 9.55 Å². The molecule has 0 atom stereocenters. The Labute approximate surface area is 96.2 Å². The zero-order valence-electron chi connectivity index (χ0n) is 9.60. The largest absolute Gasteiger partial charge is 0.412 e. The number of hydrogen-bond acceptors (Lipinski definition) is 1. The third-order valence-electron chi connectivity index (χ3n) is 5.06. The van der Waals surface area contributed by atoms with Gasteiger partial charge in [0.15, 0.2) is 0 Å². The Morgan fingerprint density at radius 3 is 2.00 bits per heavy atom. The molecule has 3 heteroatoms. The average molecular weight is 220 g/mol. The molecule has 0 aliphatic heterocycles. The Kier molecular flexibility index (Phi) is 2.15. The van der Waals surface area contributed by atoms with E-state index in [0.29, 0.717) is 5.54 Å². The topological polar surface area (TPSA) is 49.3 Å². The van der Waals surface area contributed by atoms with E-state index < -0.39 is 0 Å². The van der Waals surface area contributed by atoms with E-state index in [2.05, 4.69) is 15.7 Å². The van der Waals surface area contributed by atoms with Crippen LogP contribution in [0.1, 0.15) is 38.5 Å². The molecule has 1 aromatic heterocycles. The van der Waals surface area contributed by atoms with Crippen LogP contribution >= 0.6 is 0 Å². The Morgan fingerprint density at radius 2 is 1.56 bits per heavy atom. The monoisotopic (exact) mass is 220 g/mol. The zero-order valence-corrected chi connectivity index (χ0v) is 9.60. The molecule has 5 rings (SSSR count). The lowest BCUT2D eigenvalue weighted by Gasteiger charge is -2.57.